The van der Waals surface area contributed by atoms with E-state index < -0.39 is 12.2 Å². The van der Waals surface area contributed by atoms with Gasteiger partial charge < -0.3 is 21.3 Å². The first-order valence-electron chi connectivity index (χ1n) is 11.6. The topological polar surface area (TPSA) is 164 Å². The van der Waals surface area contributed by atoms with Crippen LogP contribution in [0.3, 0.4) is 0 Å². The van der Waals surface area contributed by atoms with Gasteiger partial charge in [0.15, 0.2) is 5.65 Å². The number of aromatic nitrogens is 4. The number of piperazine rings is 1. The van der Waals surface area contributed by atoms with Gasteiger partial charge in [0.25, 0.3) is 0 Å². The summed E-state index contributed by atoms with van der Waals surface area (Å²) >= 11 is 6.79. The Labute approximate surface area is 216 Å². The van der Waals surface area contributed by atoms with Crippen LogP contribution in [0.4, 0.5) is 27.7 Å². The number of carbonyl (C=O) groups excluding carboxylic acids is 1. The molecular formula is C23H23ClFN11O. The lowest BCUT2D eigenvalue weighted by molar-refractivity contribution is -0.122. The van der Waals surface area contributed by atoms with Crippen molar-refractivity contribution in [1.82, 2.24) is 24.5 Å². The zero-order valence-electron chi connectivity index (χ0n) is 19.8. The van der Waals surface area contributed by atoms with Crippen molar-refractivity contribution in [3.8, 4) is 12.1 Å². The Kier molecular flexibility index (Phi) is 6.41. The summed E-state index contributed by atoms with van der Waals surface area (Å²) in [6.07, 6.45) is 0.730. The van der Waals surface area contributed by atoms with Crippen LogP contribution < -0.4 is 21.3 Å². The molecule has 37 heavy (non-hydrogen) atoms. The highest BCUT2D eigenvalue weighted by atomic mass is 35.5. The molecule has 1 amide bonds. The molecule has 2 aliphatic rings. The summed E-state index contributed by atoms with van der Waals surface area (Å²) in [6, 6.07) is 6.70. The Morgan fingerprint density at radius 2 is 1.97 bits per heavy atom. The molecule has 1 saturated carbocycles. The van der Waals surface area contributed by atoms with Crippen LogP contribution in [0.5, 0.6) is 0 Å². The summed E-state index contributed by atoms with van der Waals surface area (Å²) in [5.74, 6) is -0.0468. The zero-order chi connectivity index (χ0) is 26.3. The summed E-state index contributed by atoms with van der Waals surface area (Å²) in [4.78, 5) is 24.4. The van der Waals surface area contributed by atoms with Crippen molar-refractivity contribution in [1.29, 1.82) is 10.5 Å². The fourth-order valence-electron chi connectivity index (χ4n) is 4.23. The highest BCUT2D eigenvalue weighted by molar-refractivity contribution is 6.36. The van der Waals surface area contributed by atoms with Gasteiger partial charge in [0.2, 0.25) is 17.8 Å². The molecule has 12 nitrogen and oxygen atoms in total. The maximum atomic E-state index is 13.6. The normalized spacial score (nSPS) is 20.2. The predicted molar refractivity (Wildman–Crippen MR) is 134 cm³/mol. The van der Waals surface area contributed by atoms with Crippen LogP contribution >= 0.6 is 11.6 Å². The first-order valence-corrected chi connectivity index (χ1v) is 12.0. The van der Waals surface area contributed by atoms with Gasteiger partial charge in [0, 0.05) is 32.6 Å². The number of alkyl halides is 1. The monoisotopic (exact) mass is 523 g/mol. The van der Waals surface area contributed by atoms with Gasteiger partial charge >= 0.3 is 0 Å². The van der Waals surface area contributed by atoms with Crippen LogP contribution in [0.2, 0.25) is 5.02 Å². The average Bonchev–Trinajstić information content (AvgIpc) is 3.42. The summed E-state index contributed by atoms with van der Waals surface area (Å²) < 4.78 is 14.9. The summed E-state index contributed by atoms with van der Waals surface area (Å²) in [6.45, 7) is 4.14. The molecule has 1 saturated heterocycles. The second-order valence-corrected chi connectivity index (χ2v) is 9.35. The second kappa shape index (κ2) is 9.69. The van der Waals surface area contributed by atoms with E-state index in [9.17, 15) is 19.7 Å². The molecule has 0 bridgehead atoms. The summed E-state index contributed by atoms with van der Waals surface area (Å²) in [5, 5.41) is 29.6. The Hall–Kier alpha value is -4.20. The van der Waals surface area contributed by atoms with E-state index in [1.807, 2.05) is 15.9 Å². The van der Waals surface area contributed by atoms with Crippen LogP contribution in [-0.2, 0) is 4.79 Å². The Balaban J connectivity index is 1.46. The predicted octanol–water partition coefficient (Wildman–Crippen LogP) is 1.78. The molecule has 2 aromatic heterocycles. The van der Waals surface area contributed by atoms with Crippen LogP contribution in [-0.4, -0.2) is 74.8 Å². The van der Waals surface area contributed by atoms with Gasteiger partial charge in [-0.1, -0.05) is 11.6 Å². The van der Waals surface area contributed by atoms with E-state index in [1.165, 1.54) is 10.7 Å². The van der Waals surface area contributed by atoms with Crippen molar-refractivity contribution in [2.45, 2.75) is 31.6 Å². The van der Waals surface area contributed by atoms with E-state index in [4.69, 9.17) is 17.3 Å². The lowest BCUT2D eigenvalue weighted by Crippen LogP contribution is -2.53. The van der Waals surface area contributed by atoms with E-state index in [2.05, 4.69) is 31.8 Å². The van der Waals surface area contributed by atoms with Crippen LogP contribution in [0.1, 0.15) is 24.5 Å². The number of amides is 1. The van der Waals surface area contributed by atoms with Crippen LogP contribution in [0.15, 0.2) is 18.3 Å². The SMILES string of the molecule is C[C@@H](C(N)=O)N1CCN(c2cc(C#N)cc(Nc3nc(N[C@@H]4C[C@@H]4F)n4ncc(C#N)c4n3)c2Cl)CC1. The quantitative estimate of drug-likeness (QED) is 0.415. The number of primary amides is 1. The minimum atomic E-state index is -0.983. The molecule has 14 heteroatoms. The first kappa shape index (κ1) is 24.5. The van der Waals surface area contributed by atoms with Crippen molar-refractivity contribution in [3.05, 3.63) is 34.5 Å². The molecule has 0 radical (unpaired) electrons. The third-order valence-corrected chi connectivity index (χ3v) is 6.96. The number of nitrogens with zero attached hydrogens (tertiary/aromatic N) is 8. The minimum Gasteiger partial charge on any atom is -0.368 e. The number of halogens is 2. The molecule has 190 valence electrons. The number of rotatable bonds is 7. The van der Waals surface area contributed by atoms with Gasteiger partial charge in [0.05, 0.1) is 46.3 Å². The van der Waals surface area contributed by atoms with E-state index in [0.717, 1.165) is 0 Å². The van der Waals surface area contributed by atoms with E-state index in [1.54, 1.807) is 19.1 Å². The van der Waals surface area contributed by atoms with E-state index >= 15 is 0 Å². The number of hydrogen-bond donors (Lipinski definition) is 3. The van der Waals surface area contributed by atoms with Crippen molar-refractivity contribution in [3.63, 3.8) is 0 Å². The highest BCUT2D eigenvalue weighted by Crippen LogP contribution is 2.37. The average molecular weight is 524 g/mol. The van der Waals surface area contributed by atoms with Crippen LogP contribution in [0.25, 0.3) is 5.65 Å². The van der Waals surface area contributed by atoms with Gasteiger partial charge in [-0.2, -0.15) is 30.1 Å². The van der Waals surface area contributed by atoms with Crippen molar-refractivity contribution < 1.29 is 9.18 Å². The molecule has 4 N–H and O–H groups in total. The number of benzene rings is 1. The molecule has 3 atom stereocenters. The smallest absolute Gasteiger partial charge is 0.234 e. The number of hydrogen-bond acceptors (Lipinski definition) is 10. The number of nitriles is 2. The fraction of sp³-hybridized carbons (Fsp3) is 0.391. The number of carbonyl (C=O) groups is 1. The third kappa shape index (κ3) is 4.79. The molecule has 0 spiro atoms. The van der Waals surface area contributed by atoms with Gasteiger partial charge in [-0.15, -0.1) is 0 Å². The molecule has 1 aliphatic heterocycles. The lowest BCUT2D eigenvalue weighted by Gasteiger charge is -2.38. The number of anilines is 4. The molecule has 0 unspecified atom stereocenters. The lowest BCUT2D eigenvalue weighted by atomic mass is 10.1. The van der Waals surface area contributed by atoms with Crippen LogP contribution in [0, 0.1) is 22.7 Å². The highest BCUT2D eigenvalue weighted by Gasteiger charge is 2.38. The van der Waals surface area contributed by atoms with Crippen molar-refractivity contribution in [2.75, 3.05) is 41.7 Å². The van der Waals surface area contributed by atoms with E-state index in [-0.39, 0.29) is 35.1 Å². The second-order valence-electron chi connectivity index (χ2n) is 8.97. The molecular weight excluding hydrogens is 501 g/mol. The Bertz CT molecular complexity index is 1450. The number of fused-ring (bicyclic) bond motifs is 1. The number of nitrogens with two attached hydrogens (primary N) is 1. The summed E-state index contributed by atoms with van der Waals surface area (Å²) in [7, 11) is 0. The molecule has 5 rings (SSSR count). The molecule has 2 fully saturated rings. The fourth-order valence-corrected chi connectivity index (χ4v) is 4.51. The number of nitrogens with one attached hydrogen (secondary N) is 2. The standard InChI is InChI=1S/C23H23ClFN11O/c1-12(20(28)37)34-2-4-35(5-3-34)18-7-13(9-26)6-17(19(18)24)30-22-32-21-14(10-27)11-29-36(21)23(33-22)31-16-8-15(16)25/h6-7,11-12,15-16H,2-5,8H2,1H3,(H2,28,37)(H2,30,31,32,33)/t12-,15-,16+/m0/s1. The Morgan fingerprint density at radius 3 is 2.59 bits per heavy atom. The van der Waals surface area contributed by atoms with Crippen molar-refractivity contribution in [2.24, 2.45) is 5.73 Å². The largest absolute Gasteiger partial charge is 0.368 e. The molecule has 1 aromatic carbocycles. The minimum absolute atomic E-state index is 0.103. The van der Waals surface area contributed by atoms with Gasteiger partial charge in [-0.25, -0.2) is 4.39 Å². The molecule has 1 aliphatic carbocycles. The molecule has 3 heterocycles. The summed E-state index contributed by atoms with van der Waals surface area (Å²) in [5.41, 5.74) is 7.32. The maximum Gasteiger partial charge on any atom is 0.234 e. The van der Waals surface area contributed by atoms with Gasteiger partial charge in [0.1, 0.15) is 17.8 Å². The van der Waals surface area contributed by atoms with Gasteiger partial charge in [-0.3, -0.25) is 9.69 Å². The maximum absolute atomic E-state index is 13.6. The molecule has 3 aromatic rings. The Morgan fingerprint density at radius 1 is 1.24 bits per heavy atom. The van der Waals surface area contributed by atoms with Crippen molar-refractivity contribution >= 4 is 46.4 Å². The zero-order valence-corrected chi connectivity index (χ0v) is 20.6. The first-order chi connectivity index (χ1) is 17.8. The third-order valence-electron chi connectivity index (χ3n) is 6.56. The van der Waals surface area contributed by atoms with E-state index in [0.29, 0.717) is 54.6 Å². The van der Waals surface area contributed by atoms with Gasteiger partial charge in [-0.05, 0) is 19.1 Å².